The van der Waals surface area contributed by atoms with Gasteiger partial charge in [0.2, 0.25) is 0 Å². The number of unbranched alkanes of at least 4 members (excludes halogenated alkanes) is 1. The second-order valence-electron chi connectivity index (χ2n) is 4.24. The average Bonchev–Trinajstić information content (AvgIpc) is 2.27. The number of hydrogen-bond donors (Lipinski definition) is 1. The first-order valence-electron chi connectivity index (χ1n) is 5.91. The van der Waals surface area contributed by atoms with Gasteiger partial charge in [0.1, 0.15) is 5.75 Å². The highest BCUT2D eigenvalue weighted by Gasteiger charge is 2.00. The third-order valence-corrected chi connectivity index (χ3v) is 3.02. The van der Waals surface area contributed by atoms with E-state index in [4.69, 9.17) is 27.9 Å². The Balaban J connectivity index is 2.16. The van der Waals surface area contributed by atoms with Crippen molar-refractivity contribution >= 4 is 23.2 Å². The molecule has 96 valence electrons. The van der Waals surface area contributed by atoms with Crippen LogP contribution in [0.4, 0.5) is 0 Å². The summed E-state index contributed by atoms with van der Waals surface area (Å²) in [4.78, 5) is 0. The van der Waals surface area contributed by atoms with Crippen LogP contribution in [0, 0.1) is 0 Å². The molecule has 2 nitrogen and oxygen atoms in total. The lowest BCUT2D eigenvalue weighted by Gasteiger charge is -2.09. The van der Waals surface area contributed by atoms with Gasteiger partial charge in [-0.1, -0.05) is 37.0 Å². The molecule has 0 amide bonds. The molecule has 0 unspecified atom stereocenters. The van der Waals surface area contributed by atoms with Crippen molar-refractivity contribution in [1.82, 2.24) is 5.32 Å². The minimum atomic E-state index is 0.533. The van der Waals surface area contributed by atoms with E-state index in [1.54, 1.807) is 12.1 Å². The second-order valence-corrected chi connectivity index (χ2v) is 5.05. The highest BCUT2D eigenvalue weighted by Crippen LogP contribution is 2.26. The Morgan fingerprint density at radius 3 is 2.59 bits per heavy atom. The zero-order chi connectivity index (χ0) is 12.7. The molecule has 0 radical (unpaired) electrons. The molecule has 0 aliphatic carbocycles. The molecule has 0 bridgehead atoms. The fraction of sp³-hybridized carbons (Fsp3) is 0.538. The standard InChI is InChI=1S/C13H19Cl2NO/c1-10(2)16-7-3-4-8-17-11-5-6-12(14)13(15)9-11/h5-6,9-10,16H,3-4,7-8H2,1-2H3. The lowest BCUT2D eigenvalue weighted by atomic mass is 10.3. The Bertz CT molecular complexity index is 342. The van der Waals surface area contributed by atoms with Crippen molar-refractivity contribution in [1.29, 1.82) is 0 Å². The zero-order valence-electron chi connectivity index (χ0n) is 10.3. The highest BCUT2D eigenvalue weighted by molar-refractivity contribution is 6.42. The number of benzene rings is 1. The molecule has 1 aromatic rings. The first kappa shape index (κ1) is 14.6. The van der Waals surface area contributed by atoms with Crippen molar-refractivity contribution in [3.05, 3.63) is 28.2 Å². The molecule has 0 saturated carbocycles. The monoisotopic (exact) mass is 275 g/mol. The summed E-state index contributed by atoms with van der Waals surface area (Å²) in [7, 11) is 0. The van der Waals surface area contributed by atoms with Crippen LogP contribution < -0.4 is 10.1 Å². The van der Waals surface area contributed by atoms with Gasteiger partial charge in [0, 0.05) is 12.1 Å². The summed E-state index contributed by atoms with van der Waals surface area (Å²) in [6.45, 7) is 6.03. The summed E-state index contributed by atoms with van der Waals surface area (Å²) in [5, 5.41) is 4.46. The van der Waals surface area contributed by atoms with Gasteiger partial charge in [0.15, 0.2) is 0 Å². The van der Waals surface area contributed by atoms with E-state index in [0.29, 0.717) is 22.7 Å². The number of rotatable bonds is 7. The van der Waals surface area contributed by atoms with Crippen LogP contribution in [-0.2, 0) is 0 Å². The number of halogens is 2. The molecule has 0 aromatic heterocycles. The van der Waals surface area contributed by atoms with E-state index in [9.17, 15) is 0 Å². The van der Waals surface area contributed by atoms with Crippen molar-refractivity contribution in [3.63, 3.8) is 0 Å². The van der Waals surface area contributed by atoms with Crippen molar-refractivity contribution in [2.45, 2.75) is 32.7 Å². The van der Waals surface area contributed by atoms with E-state index in [1.165, 1.54) is 0 Å². The summed E-state index contributed by atoms with van der Waals surface area (Å²) in [5.74, 6) is 0.774. The predicted molar refractivity (Wildman–Crippen MR) is 74.3 cm³/mol. The maximum atomic E-state index is 5.89. The van der Waals surface area contributed by atoms with Crippen LogP contribution in [0.1, 0.15) is 26.7 Å². The Morgan fingerprint density at radius 1 is 1.18 bits per heavy atom. The topological polar surface area (TPSA) is 21.3 Å². The highest BCUT2D eigenvalue weighted by atomic mass is 35.5. The maximum absolute atomic E-state index is 5.89. The Morgan fingerprint density at radius 2 is 1.94 bits per heavy atom. The van der Waals surface area contributed by atoms with Gasteiger partial charge >= 0.3 is 0 Å². The Labute approximate surface area is 113 Å². The molecular weight excluding hydrogens is 257 g/mol. The molecule has 0 heterocycles. The van der Waals surface area contributed by atoms with Crippen molar-refractivity contribution in [3.8, 4) is 5.75 Å². The van der Waals surface area contributed by atoms with Crippen LogP contribution in [0.25, 0.3) is 0 Å². The van der Waals surface area contributed by atoms with Gasteiger partial charge in [-0.2, -0.15) is 0 Å². The normalized spacial score (nSPS) is 10.9. The minimum absolute atomic E-state index is 0.533. The lowest BCUT2D eigenvalue weighted by Crippen LogP contribution is -2.23. The van der Waals surface area contributed by atoms with Gasteiger partial charge in [0.05, 0.1) is 16.7 Å². The average molecular weight is 276 g/mol. The van der Waals surface area contributed by atoms with Gasteiger partial charge < -0.3 is 10.1 Å². The number of nitrogens with one attached hydrogen (secondary N) is 1. The van der Waals surface area contributed by atoms with Crippen molar-refractivity contribution < 1.29 is 4.74 Å². The van der Waals surface area contributed by atoms with E-state index >= 15 is 0 Å². The third kappa shape index (κ3) is 6.16. The van der Waals surface area contributed by atoms with E-state index < -0.39 is 0 Å². The molecule has 0 saturated heterocycles. The molecule has 0 spiro atoms. The summed E-state index contributed by atoms with van der Waals surface area (Å²) in [6, 6.07) is 5.88. The van der Waals surface area contributed by atoms with Crippen molar-refractivity contribution in [2.75, 3.05) is 13.2 Å². The fourth-order valence-corrected chi connectivity index (χ4v) is 1.66. The zero-order valence-corrected chi connectivity index (χ0v) is 11.8. The summed E-state index contributed by atoms with van der Waals surface area (Å²) < 4.78 is 5.58. The molecule has 17 heavy (non-hydrogen) atoms. The molecule has 0 aliphatic rings. The largest absolute Gasteiger partial charge is 0.494 e. The van der Waals surface area contributed by atoms with Crippen LogP contribution >= 0.6 is 23.2 Å². The molecule has 0 atom stereocenters. The van der Waals surface area contributed by atoms with E-state index in [-0.39, 0.29) is 0 Å². The number of hydrogen-bond acceptors (Lipinski definition) is 2. The van der Waals surface area contributed by atoms with Crippen LogP contribution in [0.3, 0.4) is 0 Å². The van der Waals surface area contributed by atoms with Crippen LogP contribution in [0.15, 0.2) is 18.2 Å². The minimum Gasteiger partial charge on any atom is -0.494 e. The van der Waals surface area contributed by atoms with Crippen molar-refractivity contribution in [2.24, 2.45) is 0 Å². The molecular formula is C13H19Cl2NO. The summed E-state index contributed by atoms with van der Waals surface area (Å²) in [6.07, 6.45) is 2.14. The Kier molecular flexibility index (Phi) is 6.71. The molecule has 0 aliphatic heterocycles. The van der Waals surface area contributed by atoms with Gasteiger partial charge in [-0.25, -0.2) is 0 Å². The first-order chi connectivity index (χ1) is 8.09. The molecule has 1 rings (SSSR count). The molecule has 1 aromatic carbocycles. The van der Waals surface area contributed by atoms with E-state index in [1.807, 2.05) is 6.07 Å². The lowest BCUT2D eigenvalue weighted by molar-refractivity contribution is 0.305. The summed E-state index contributed by atoms with van der Waals surface area (Å²) in [5.41, 5.74) is 0. The van der Waals surface area contributed by atoms with Gasteiger partial charge in [-0.15, -0.1) is 0 Å². The fourth-order valence-electron chi connectivity index (χ4n) is 1.37. The summed E-state index contributed by atoms with van der Waals surface area (Å²) >= 11 is 11.7. The quantitative estimate of drug-likeness (QED) is 0.755. The van der Waals surface area contributed by atoms with Gasteiger partial charge in [0.25, 0.3) is 0 Å². The van der Waals surface area contributed by atoms with Crippen LogP contribution in [0.5, 0.6) is 5.75 Å². The Hall–Kier alpha value is -0.440. The first-order valence-corrected chi connectivity index (χ1v) is 6.66. The maximum Gasteiger partial charge on any atom is 0.120 e. The predicted octanol–water partition coefficient (Wildman–Crippen LogP) is 4.15. The van der Waals surface area contributed by atoms with Gasteiger partial charge in [-0.05, 0) is 31.5 Å². The SMILES string of the molecule is CC(C)NCCCCOc1ccc(Cl)c(Cl)c1. The van der Waals surface area contributed by atoms with Gasteiger partial charge in [-0.3, -0.25) is 0 Å². The van der Waals surface area contributed by atoms with E-state index in [2.05, 4.69) is 19.2 Å². The van der Waals surface area contributed by atoms with Crippen LogP contribution in [-0.4, -0.2) is 19.2 Å². The molecule has 4 heteroatoms. The second kappa shape index (κ2) is 7.80. The van der Waals surface area contributed by atoms with E-state index in [0.717, 1.165) is 25.1 Å². The number of ether oxygens (including phenoxy) is 1. The van der Waals surface area contributed by atoms with Crippen LogP contribution in [0.2, 0.25) is 10.0 Å². The smallest absolute Gasteiger partial charge is 0.120 e. The third-order valence-electron chi connectivity index (χ3n) is 2.28. The molecule has 0 fully saturated rings. The molecule has 1 N–H and O–H groups in total.